The van der Waals surface area contributed by atoms with E-state index in [2.05, 4.69) is 208 Å². The van der Waals surface area contributed by atoms with Gasteiger partial charge < -0.3 is 0 Å². The highest BCUT2D eigenvalue weighted by Gasteiger charge is 2.54. The Morgan fingerprint density at radius 2 is 0.839 bits per heavy atom. The van der Waals surface area contributed by atoms with Gasteiger partial charge in [-0.25, -0.2) is 0 Å². The Bertz CT molecular complexity index is 2900. The molecule has 0 fully saturated rings. The Balaban J connectivity index is 1.20. The van der Waals surface area contributed by atoms with Crippen LogP contribution in [0.4, 0.5) is 11.4 Å². The summed E-state index contributed by atoms with van der Waals surface area (Å²) >= 11 is 0. The zero-order valence-electron chi connectivity index (χ0n) is 31.4. The molecule has 264 valence electrons. The Kier molecular flexibility index (Phi) is 7.15. The third-order valence-electron chi connectivity index (χ3n) is 12.3. The van der Waals surface area contributed by atoms with Gasteiger partial charge in [0.25, 0.3) is 0 Å². The highest BCUT2D eigenvalue weighted by Crippen LogP contribution is 2.60. The fourth-order valence-electron chi connectivity index (χ4n) is 9.83. The second-order valence-corrected chi connectivity index (χ2v) is 15.4. The summed E-state index contributed by atoms with van der Waals surface area (Å²) < 4.78 is 0. The second kappa shape index (κ2) is 12.3. The van der Waals surface area contributed by atoms with Crippen molar-refractivity contribution >= 4 is 22.8 Å². The largest absolute Gasteiger partial charge is 0.251 e. The van der Waals surface area contributed by atoms with E-state index in [1.165, 1.54) is 61.2 Å². The van der Waals surface area contributed by atoms with E-state index >= 15 is 0 Å². The van der Waals surface area contributed by atoms with Gasteiger partial charge in [-0.05, 0) is 92.7 Å². The minimum atomic E-state index is -0.695. The summed E-state index contributed by atoms with van der Waals surface area (Å²) in [5.41, 5.74) is 19.8. The van der Waals surface area contributed by atoms with Crippen LogP contribution >= 0.6 is 0 Å². The first-order chi connectivity index (χ1) is 27.6. The van der Waals surface area contributed by atoms with E-state index in [-0.39, 0.29) is 0 Å². The Labute approximate surface area is 328 Å². The van der Waals surface area contributed by atoms with E-state index in [9.17, 15) is 0 Å². The van der Waals surface area contributed by atoms with Gasteiger partial charge in [0.2, 0.25) is 0 Å². The first-order valence-corrected chi connectivity index (χ1v) is 19.5. The van der Waals surface area contributed by atoms with E-state index in [1.807, 2.05) is 0 Å². The fourth-order valence-corrected chi connectivity index (χ4v) is 9.83. The minimum Gasteiger partial charge on any atom is -0.251 e. The van der Waals surface area contributed by atoms with Crippen LogP contribution in [0.3, 0.4) is 0 Å². The minimum absolute atomic E-state index is 0.556. The zero-order valence-corrected chi connectivity index (χ0v) is 31.4. The number of rotatable bonds is 5. The molecule has 2 nitrogen and oxygen atoms in total. The molecule has 0 radical (unpaired) electrons. The van der Waals surface area contributed by atoms with Crippen LogP contribution in [0.15, 0.2) is 204 Å². The molecule has 56 heavy (non-hydrogen) atoms. The second-order valence-electron chi connectivity index (χ2n) is 15.4. The van der Waals surface area contributed by atoms with Crippen LogP contribution in [0, 0.1) is 13.8 Å². The number of hydrogen-bond donors (Lipinski definition) is 0. The quantitative estimate of drug-likeness (QED) is 0.170. The van der Waals surface area contributed by atoms with Gasteiger partial charge in [0, 0.05) is 0 Å². The van der Waals surface area contributed by atoms with Crippen molar-refractivity contribution in [3.8, 4) is 22.3 Å². The number of aliphatic imine (C=N–C) groups is 2. The Morgan fingerprint density at radius 1 is 0.321 bits per heavy atom. The van der Waals surface area contributed by atoms with Crippen molar-refractivity contribution in [3.05, 3.63) is 250 Å². The standard InChI is InChI=1S/C54H38N2/c1-35-21-24-37(25-22-35)38-26-28-41(29-27-38)53(46-19-11-12-20-49(46)55-51(53)39-13-5-3-6-14-39)42-30-32-47-50(34-42)56-52(40-15-7-4-8-16-40)54(47)45-18-10-9-17-43(45)44-31-23-36(2)33-48(44)54/h3-34H,1-2H3. The summed E-state index contributed by atoms with van der Waals surface area (Å²) in [5, 5.41) is 0. The molecule has 8 aromatic rings. The Hall–Kier alpha value is -6.90. The molecule has 3 aliphatic rings. The maximum Gasteiger partial charge on any atom is 0.0913 e. The van der Waals surface area contributed by atoms with E-state index in [0.29, 0.717) is 0 Å². The van der Waals surface area contributed by atoms with Gasteiger partial charge in [-0.2, -0.15) is 0 Å². The molecule has 0 amide bonds. The van der Waals surface area contributed by atoms with Gasteiger partial charge >= 0.3 is 0 Å². The van der Waals surface area contributed by atoms with Crippen LogP contribution in [0.5, 0.6) is 0 Å². The molecule has 0 N–H and O–H groups in total. The zero-order chi connectivity index (χ0) is 37.4. The number of para-hydroxylation sites is 1. The molecule has 2 unspecified atom stereocenters. The molecule has 11 rings (SSSR count). The van der Waals surface area contributed by atoms with Crippen LogP contribution in [-0.4, -0.2) is 11.4 Å². The molecular formula is C54H38N2. The Morgan fingerprint density at radius 3 is 1.55 bits per heavy atom. The van der Waals surface area contributed by atoms with Crippen molar-refractivity contribution in [1.29, 1.82) is 0 Å². The molecule has 0 aromatic heterocycles. The van der Waals surface area contributed by atoms with Gasteiger partial charge in [0.15, 0.2) is 0 Å². The molecule has 2 heterocycles. The lowest BCUT2D eigenvalue weighted by Crippen LogP contribution is -2.37. The topological polar surface area (TPSA) is 24.7 Å². The van der Waals surface area contributed by atoms with Gasteiger partial charge in [-0.15, -0.1) is 0 Å². The van der Waals surface area contributed by atoms with Crippen molar-refractivity contribution < 1.29 is 0 Å². The van der Waals surface area contributed by atoms with E-state index in [0.717, 1.165) is 39.5 Å². The molecule has 1 spiro atoms. The highest BCUT2D eigenvalue weighted by atomic mass is 14.9. The molecular weight excluding hydrogens is 677 g/mol. The smallest absolute Gasteiger partial charge is 0.0913 e. The lowest BCUT2D eigenvalue weighted by atomic mass is 9.64. The fraction of sp³-hybridized carbons (Fsp3) is 0.0741. The normalized spacial score (nSPS) is 18.5. The van der Waals surface area contributed by atoms with E-state index < -0.39 is 10.8 Å². The van der Waals surface area contributed by atoms with Gasteiger partial charge in [0.1, 0.15) is 0 Å². The van der Waals surface area contributed by atoms with Gasteiger partial charge in [0.05, 0.1) is 33.6 Å². The molecule has 2 aliphatic heterocycles. The monoisotopic (exact) mass is 714 g/mol. The van der Waals surface area contributed by atoms with Crippen LogP contribution in [-0.2, 0) is 10.8 Å². The van der Waals surface area contributed by atoms with Crippen LogP contribution in [0.1, 0.15) is 55.6 Å². The summed E-state index contributed by atoms with van der Waals surface area (Å²) in [5.74, 6) is 0. The molecule has 2 atom stereocenters. The predicted molar refractivity (Wildman–Crippen MR) is 231 cm³/mol. The van der Waals surface area contributed by atoms with Gasteiger partial charge in [-0.1, -0.05) is 193 Å². The first-order valence-electron chi connectivity index (χ1n) is 19.5. The first kappa shape index (κ1) is 32.5. The van der Waals surface area contributed by atoms with Crippen molar-refractivity contribution in [2.24, 2.45) is 9.98 Å². The lowest BCUT2D eigenvalue weighted by molar-refractivity contribution is 0.843. The van der Waals surface area contributed by atoms with Crippen molar-refractivity contribution in [1.82, 2.24) is 0 Å². The number of nitrogens with zero attached hydrogens (tertiary/aromatic N) is 2. The molecule has 1 aliphatic carbocycles. The highest BCUT2D eigenvalue weighted by molar-refractivity contribution is 6.21. The molecule has 8 aromatic carbocycles. The maximum atomic E-state index is 5.73. The van der Waals surface area contributed by atoms with Crippen molar-refractivity contribution in [2.75, 3.05) is 0 Å². The average molecular weight is 715 g/mol. The predicted octanol–water partition coefficient (Wildman–Crippen LogP) is 12.9. The number of aryl methyl sites for hydroxylation is 2. The lowest BCUT2D eigenvalue weighted by Gasteiger charge is -2.35. The summed E-state index contributed by atoms with van der Waals surface area (Å²) in [6.45, 7) is 4.33. The average Bonchev–Trinajstić information content (AvgIpc) is 3.89. The van der Waals surface area contributed by atoms with Crippen LogP contribution in [0.2, 0.25) is 0 Å². The third-order valence-corrected chi connectivity index (χ3v) is 12.3. The third kappa shape index (κ3) is 4.50. The molecule has 0 saturated carbocycles. The van der Waals surface area contributed by atoms with Crippen molar-refractivity contribution in [3.63, 3.8) is 0 Å². The van der Waals surface area contributed by atoms with Gasteiger partial charge in [-0.3, -0.25) is 9.98 Å². The summed E-state index contributed by atoms with van der Waals surface area (Å²) in [6.07, 6.45) is 0. The molecule has 0 bridgehead atoms. The van der Waals surface area contributed by atoms with E-state index in [4.69, 9.17) is 9.98 Å². The summed E-state index contributed by atoms with van der Waals surface area (Å²) in [6, 6.07) is 71.1. The van der Waals surface area contributed by atoms with E-state index in [1.54, 1.807) is 0 Å². The summed E-state index contributed by atoms with van der Waals surface area (Å²) in [4.78, 5) is 11.2. The van der Waals surface area contributed by atoms with Crippen molar-refractivity contribution in [2.45, 2.75) is 24.7 Å². The SMILES string of the molecule is Cc1ccc(-c2ccc(C3(c4ccc5c(c4)N=C(c4ccccc4)C54c5ccccc5-c5ccc(C)cc54)C(c4ccccc4)=Nc4ccccc43)cc2)cc1. The molecule has 2 heteroatoms. The summed E-state index contributed by atoms with van der Waals surface area (Å²) in [7, 11) is 0. The van der Waals surface area contributed by atoms with Crippen LogP contribution in [0.25, 0.3) is 22.3 Å². The number of benzene rings is 8. The van der Waals surface area contributed by atoms with Crippen LogP contribution < -0.4 is 0 Å². The number of hydrogen-bond acceptors (Lipinski definition) is 2. The molecule has 0 saturated heterocycles. The maximum absolute atomic E-state index is 5.73. The number of fused-ring (bicyclic) bond motifs is 8.